The predicted molar refractivity (Wildman–Crippen MR) is 75.4 cm³/mol. The topological polar surface area (TPSA) is 85.1 Å². The fourth-order valence-corrected chi connectivity index (χ4v) is 2.55. The summed E-state index contributed by atoms with van der Waals surface area (Å²) in [5, 5.41) is 0. The summed E-state index contributed by atoms with van der Waals surface area (Å²) in [5.74, 6) is 0.282. The van der Waals surface area contributed by atoms with Gasteiger partial charge in [0.25, 0.3) is 10.0 Å². The zero-order chi connectivity index (χ0) is 14.0. The molecule has 5 nitrogen and oxygen atoms in total. The van der Waals surface area contributed by atoms with Gasteiger partial charge in [0, 0.05) is 11.9 Å². The maximum absolute atomic E-state index is 12.1. The predicted octanol–water partition coefficient (Wildman–Crippen LogP) is 2.08. The first-order valence-corrected chi connectivity index (χ1v) is 7.18. The minimum Gasteiger partial charge on any atom is -0.398 e. The SMILES string of the molecule is Cc1ccc(NS(=O)(=O)c2ccc(C)c(N)c2)nc1. The van der Waals surface area contributed by atoms with Crippen molar-refractivity contribution in [1.82, 2.24) is 4.98 Å². The molecule has 1 aromatic carbocycles. The van der Waals surface area contributed by atoms with E-state index in [4.69, 9.17) is 5.73 Å². The molecule has 0 aliphatic rings. The molecule has 0 saturated carbocycles. The molecule has 1 heterocycles. The molecule has 0 unspecified atom stereocenters. The van der Waals surface area contributed by atoms with E-state index in [9.17, 15) is 8.42 Å². The van der Waals surface area contributed by atoms with E-state index in [2.05, 4.69) is 9.71 Å². The molecule has 100 valence electrons. The van der Waals surface area contributed by atoms with Crippen LogP contribution in [-0.2, 0) is 10.0 Å². The van der Waals surface area contributed by atoms with E-state index in [0.717, 1.165) is 11.1 Å². The van der Waals surface area contributed by atoms with Crippen LogP contribution in [0.3, 0.4) is 0 Å². The number of benzene rings is 1. The van der Waals surface area contributed by atoms with Gasteiger partial charge in [-0.05, 0) is 43.2 Å². The fourth-order valence-electron chi connectivity index (χ4n) is 1.51. The number of aryl methyl sites for hydroxylation is 2. The second-order valence-electron chi connectivity index (χ2n) is 4.34. The van der Waals surface area contributed by atoms with Crippen LogP contribution < -0.4 is 10.5 Å². The molecule has 2 aromatic rings. The third kappa shape index (κ3) is 3.03. The van der Waals surface area contributed by atoms with E-state index in [1.54, 1.807) is 24.4 Å². The number of nitrogen functional groups attached to an aromatic ring is 1. The molecule has 0 aliphatic heterocycles. The summed E-state index contributed by atoms with van der Waals surface area (Å²) >= 11 is 0. The van der Waals surface area contributed by atoms with Crippen molar-refractivity contribution < 1.29 is 8.42 Å². The number of hydrogen-bond donors (Lipinski definition) is 2. The van der Waals surface area contributed by atoms with Crippen molar-refractivity contribution in [2.24, 2.45) is 0 Å². The lowest BCUT2D eigenvalue weighted by Gasteiger charge is -2.09. The van der Waals surface area contributed by atoms with Crippen LogP contribution in [0.2, 0.25) is 0 Å². The van der Waals surface area contributed by atoms with Crippen LogP contribution >= 0.6 is 0 Å². The van der Waals surface area contributed by atoms with Crippen LogP contribution in [0, 0.1) is 13.8 Å². The zero-order valence-electron chi connectivity index (χ0n) is 10.7. The Kier molecular flexibility index (Phi) is 3.44. The first-order valence-electron chi connectivity index (χ1n) is 5.70. The van der Waals surface area contributed by atoms with E-state index in [1.165, 1.54) is 12.1 Å². The van der Waals surface area contributed by atoms with Crippen LogP contribution in [0.25, 0.3) is 0 Å². The van der Waals surface area contributed by atoms with Crippen molar-refractivity contribution in [1.29, 1.82) is 0 Å². The van der Waals surface area contributed by atoms with Gasteiger partial charge in [0.1, 0.15) is 5.82 Å². The van der Waals surface area contributed by atoms with Crippen molar-refractivity contribution >= 4 is 21.5 Å². The highest BCUT2D eigenvalue weighted by Crippen LogP contribution is 2.19. The molecule has 0 amide bonds. The molecule has 19 heavy (non-hydrogen) atoms. The number of anilines is 2. The van der Waals surface area contributed by atoms with E-state index in [1.807, 2.05) is 13.8 Å². The maximum Gasteiger partial charge on any atom is 0.263 e. The summed E-state index contributed by atoms with van der Waals surface area (Å²) in [6.45, 7) is 3.70. The first kappa shape index (κ1) is 13.4. The molecule has 0 radical (unpaired) electrons. The Hall–Kier alpha value is -2.08. The molecular weight excluding hydrogens is 262 g/mol. The minimum absolute atomic E-state index is 0.123. The summed E-state index contributed by atoms with van der Waals surface area (Å²) in [6, 6.07) is 8.03. The van der Waals surface area contributed by atoms with Gasteiger partial charge in [0.15, 0.2) is 0 Å². The van der Waals surface area contributed by atoms with Crippen LogP contribution in [0.1, 0.15) is 11.1 Å². The van der Waals surface area contributed by atoms with Gasteiger partial charge in [-0.3, -0.25) is 4.72 Å². The minimum atomic E-state index is -3.66. The van der Waals surface area contributed by atoms with Crippen LogP contribution in [0.5, 0.6) is 0 Å². The Balaban J connectivity index is 2.32. The number of nitrogens with one attached hydrogen (secondary N) is 1. The first-order chi connectivity index (χ1) is 8.88. The summed E-state index contributed by atoms with van der Waals surface area (Å²) in [5.41, 5.74) is 7.97. The molecule has 0 spiro atoms. The number of sulfonamides is 1. The Labute approximate surface area is 112 Å². The highest BCUT2D eigenvalue weighted by atomic mass is 32.2. The van der Waals surface area contributed by atoms with Crippen LogP contribution in [-0.4, -0.2) is 13.4 Å². The summed E-state index contributed by atoms with van der Waals surface area (Å²) < 4.78 is 26.7. The number of pyridine rings is 1. The summed E-state index contributed by atoms with van der Waals surface area (Å²) in [6.07, 6.45) is 1.60. The van der Waals surface area contributed by atoms with Gasteiger partial charge in [0.2, 0.25) is 0 Å². The molecule has 0 saturated heterocycles. The highest BCUT2D eigenvalue weighted by molar-refractivity contribution is 7.92. The molecule has 6 heteroatoms. The zero-order valence-corrected chi connectivity index (χ0v) is 11.5. The van der Waals surface area contributed by atoms with Crippen molar-refractivity contribution in [2.75, 3.05) is 10.5 Å². The van der Waals surface area contributed by atoms with Crippen molar-refractivity contribution in [2.45, 2.75) is 18.7 Å². The van der Waals surface area contributed by atoms with Crippen molar-refractivity contribution in [3.8, 4) is 0 Å². The number of nitrogens with zero attached hydrogens (tertiary/aromatic N) is 1. The molecule has 0 fully saturated rings. The van der Waals surface area contributed by atoms with Gasteiger partial charge in [-0.25, -0.2) is 13.4 Å². The van der Waals surface area contributed by atoms with Crippen molar-refractivity contribution in [3.63, 3.8) is 0 Å². The molecular formula is C13H15N3O2S. The third-order valence-electron chi connectivity index (χ3n) is 2.71. The number of aromatic nitrogens is 1. The molecule has 0 bridgehead atoms. The summed E-state index contributed by atoms with van der Waals surface area (Å²) in [4.78, 5) is 4.13. The van der Waals surface area contributed by atoms with Gasteiger partial charge in [-0.2, -0.15) is 0 Å². The standard InChI is InChI=1S/C13H15N3O2S/c1-9-3-6-13(15-8-9)16-19(17,18)11-5-4-10(2)12(14)7-11/h3-8H,14H2,1-2H3,(H,15,16). The van der Waals surface area contributed by atoms with Gasteiger partial charge >= 0.3 is 0 Å². The van der Waals surface area contributed by atoms with Gasteiger partial charge in [0.05, 0.1) is 4.90 Å². The number of hydrogen-bond acceptors (Lipinski definition) is 4. The number of nitrogens with two attached hydrogens (primary N) is 1. The highest BCUT2D eigenvalue weighted by Gasteiger charge is 2.15. The van der Waals surface area contributed by atoms with Gasteiger partial charge < -0.3 is 5.73 Å². The molecule has 3 N–H and O–H groups in total. The average Bonchev–Trinajstić information content (AvgIpc) is 2.35. The third-order valence-corrected chi connectivity index (χ3v) is 4.06. The van der Waals surface area contributed by atoms with E-state index in [0.29, 0.717) is 5.69 Å². The average molecular weight is 277 g/mol. The van der Waals surface area contributed by atoms with Crippen LogP contribution in [0.4, 0.5) is 11.5 Å². The second kappa shape index (κ2) is 4.89. The van der Waals surface area contributed by atoms with E-state index >= 15 is 0 Å². The lowest BCUT2D eigenvalue weighted by Crippen LogP contribution is -2.14. The Bertz CT molecular complexity index is 694. The Morgan fingerprint density at radius 1 is 1.16 bits per heavy atom. The number of rotatable bonds is 3. The molecule has 0 aliphatic carbocycles. The molecule has 2 rings (SSSR count). The normalized spacial score (nSPS) is 11.3. The van der Waals surface area contributed by atoms with Crippen molar-refractivity contribution in [3.05, 3.63) is 47.7 Å². The lowest BCUT2D eigenvalue weighted by atomic mass is 10.2. The quantitative estimate of drug-likeness (QED) is 0.841. The Morgan fingerprint density at radius 3 is 2.47 bits per heavy atom. The van der Waals surface area contributed by atoms with Gasteiger partial charge in [-0.1, -0.05) is 12.1 Å². The molecule has 1 aromatic heterocycles. The molecule has 0 atom stereocenters. The monoisotopic (exact) mass is 277 g/mol. The smallest absolute Gasteiger partial charge is 0.263 e. The van der Waals surface area contributed by atoms with Gasteiger partial charge in [-0.15, -0.1) is 0 Å². The fraction of sp³-hybridized carbons (Fsp3) is 0.154. The lowest BCUT2D eigenvalue weighted by molar-refractivity contribution is 0.601. The van der Waals surface area contributed by atoms with E-state index < -0.39 is 10.0 Å². The maximum atomic E-state index is 12.1. The largest absolute Gasteiger partial charge is 0.398 e. The summed E-state index contributed by atoms with van der Waals surface area (Å²) in [7, 11) is -3.66. The second-order valence-corrected chi connectivity index (χ2v) is 6.03. The van der Waals surface area contributed by atoms with E-state index in [-0.39, 0.29) is 10.7 Å². The van der Waals surface area contributed by atoms with Crippen LogP contribution in [0.15, 0.2) is 41.4 Å². The Morgan fingerprint density at radius 2 is 1.89 bits per heavy atom.